The molecule has 5 nitrogen and oxygen atoms in total. The first kappa shape index (κ1) is 14.8. The number of carbonyl (C=O) groups is 1. The number of rotatable bonds is 6. The summed E-state index contributed by atoms with van der Waals surface area (Å²) in [6, 6.07) is 0. The highest BCUT2D eigenvalue weighted by molar-refractivity contribution is 5.76. The van der Waals surface area contributed by atoms with E-state index in [9.17, 15) is 4.79 Å². The van der Waals surface area contributed by atoms with Crippen LogP contribution in [-0.4, -0.2) is 61.0 Å². The molecule has 1 unspecified atom stereocenters. The lowest BCUT2D eigenvalue weighted by molar-refractivity contribution is -0.134. The highest BCUT2D eigenvalue weighted by Gasteiger charge is 2.24. The number of piperidine rings is 1. The third-order valence-electron chi connectivity index (χ3n) is 3.94. The number of hydrogen-bond donors (Lipinski definition) is 1. The summed E-state index contributed by atoms with van der Waals surface area (Å²) in [7, 11) is 0. The molecule has 0 radical (unpaired) electrons. The number of aliphatic hydroxyl groups is 1. The van der Waals surface area contributed by atoms with Crippen molar-refractivity contribution in [3.63, 3.8) is 0 Å². The summed E-state index contributed by atoms with van der Waals surface area (Å²) in [6.45, 7) is 2.88. The highest BCUT2D eigenvalue weighted by Crippen LogP contribution is 2.19. The minimum Gasteiger partial charge on any atom is -0.394 e. The minimum absolute atomic E-state index is 0.0700. The zero-order valence-corrected chi connectivity index (χ0v) is 11.6. The zero-order chi connectivity index (χ0) is 13.5. The van der Waals surface area contributed by atoms with Gasteiger partial charge < -0.3 is 19.5 Å². The summed E-state index contributed by atoms with van der Waals surface area (Å²) in [4.78, 5) is 14.0. The average Bonchev–Trinajstić information content (AvgIpc) is 2.96. The van der Waals surface area contributed by atoms with Crippen molar-refractivity contribution < 1.29 is 19.4 Å². The van der Waals surface area contributed by atoms with E-state index in [1.54, 1.807) is 0 Å². The predicted octanol–water partition coefficient (Wildman–Crippen LogP) is 0.945. The summed E-state index contributed by atoms with van der Waals surface area (Å²) < 4.78 is 11.0. The third kappa shape index (κ3) is 4.75. The summed E-state index contributed by atoms with van der Waals surface area (Å²) >= 11 is 0. The molecule has 1 amide bonds. The van der Waals surface area contributed by atoms with Crippen LogP contribution in [0.15, 0.2) is 0 Å². The molecule has 5 heteroatoms. The van der Waals surface area contributed by atoms with Crippen molar-refractivity contribution in [2.24, 2.45) is 0 Å². The maximum atomic E-state index is 12.1. The number of amides is 1. The van der Waals surface area contributed by atoms with Crippen LogP contribution in [0.1, 0.15) is 38.5 Å². The van der Waals surface area contributed by atoms with Gasteiger partial charge in [-0.15, -0.1) is 0 Å². The van der Waals surface area contributed by atoms with Gasteiger partial charge in [0.2, 0.25) is 5.91 Å². The van der Waals surface area contributed by atoms with Crippen LogP contribution in [0.25, 0.3) is 0 Å². The Hall–Kier alpha value is -0.650. The Balaban J connectivity index is 1.61. The molecule has 2 saturated heterocycles. The predicted molar refractivity (Wildman–Crippen MR) is 70.8 cm³/mol. The molecule has 19 heavy (non-hydrogen) atoms. The van der Waals surface area contributed by atoms with Gasteiger partial charge in [0, 0.05) is 26.1 Å². The largest absolute Gasteiger partial charge is 0.394 e. The van der Waals surface area contributed by atoms with Crippen LogP contribution in [0.3, 0.4) is 0 Å². The number of hydrogen-bond acceptors (Lipinski definition) is 4. The molecule has 0 aliphatic carbocycles. The number of aliphatic hydroxyl groups excluding tert-OH is 1. The van der Waals surface area contributed by atoms with Gasteiger partial charge in [0.1, 0.15) is 0 Å². The van der Waals surface area contributed by atoms with Crippen molar-refractivity contribution in [2.75, 3.05) is 32.9 Å². The number of likely N-dealkylation sites (tertiary alicyclic amines) is 1. The van der Waals surface area contributed by atoms with Crippen LogP contribution < -0.4 is 0 Å². The van der Waals surface area contributed by atoms with Gasteiger partial charge in [-0.3, -0.25) is 4.79 Å². The van der Waals surface area contributed by atoms with E-state index in [0.717, 1.165) is 51.8 Å². The summed E-state index contributed by atoms with van der Waals surface area (Å²) in [6.07, 6.45) is 5.96. The topological polar surface area (TPSA) is 59.0 Å². The first-order chi connectivity index (χ1) is 9.29. The molecule has 0 aromatic carbocycles. The van der Waals surface area contributed by atoms with Crippen molar-refractivity contribution in [2.45, 2.75) is 50.7 Å². The molecule has 2 rings (SSSR count). The Morgan fingerprint density at radius 2 is 2.11 bits per heavy atom. The summed E-state index contributed by atoms with van der Waals surface area (Å²) in [5.41, 5.74) is 0. The Kier molecular flexibility index (Phi) is 6.07. The van der Waals surface area contributed by atoms with Gasteiger partial charge in [-0.1, -0.05) is 0 Å². The second-order valence-electron chi connectivity index (χ2n) is 5.35. The molecule has 2 aliphatic rings. The van der Waals surface area contributed by atoms with E-state index >= 15 is 0 Å². The second-order valence-corrected chi connectivity index (χ2v) is 5.35. The van der Waals surface area contributed by atoms with Crippen LogP contribution in [0.2, 0.25) is 0 Å². The van der Waals surface area contributed by atoms with Crippen LogP contribution >= 0.6 is 0 Å². The van der Waals surface area contributed by atoms with E-state index in [1.807, 2.05) is 4.90 Å². The number of carbonyl (C=O) groups excluding carboxylic acids is 1. The molecule has 2 fully saturated rings. The van der Waals surface area contributed by atoms with Crippen molar-refractivity contribution in [1.29, 1.82) is 0 Å². The quantitative estimate of drug-likeness (QED) is 0.781. The van der Waals surface area contributed by atoms with Gasteiger partial charge in [0.25, 0.3) is 0 Å². The standard InChI is InChI=1S/C14H25NO4/c16-9-11-19-13-5-7-15(8-6-13)14(17)4-3-12-2-1-10-18-12/h12-13,16H,1-11H2. The lowest BCUT2D eigenvalue weighted by Crippen LogP contribution is -2.41. The van der Waals surface area contributed by atoms with E-state index in [2.05, 4.69) is 0 Å². The minimum atomic E-state index is 0.0700. The third-order valence-corrected chi connectivity index (χ3v) is 3.94. The molecule has 0 saturated carbocycles. The van der Waals surface area contributed by atoms with Gasteiger partial charge in [0.05, 0.1) is 25.4 Å². The summed E-state index contributed by atoms with van der Waals surface area (Å²) in [5, 5.41) is 8.71. The fourth-order valence-corrected chi connectivity index (χ4v) is 2.81. The SMILES string of the molecule is O=C(CCC1CCCO1)N1CCC(OCCO)CC1. The van der Waals surface area contributed by atoms with Crippen LogP contribution in [0.5, 0.6) is 0 Å². The lowest BCUT2D eigenvalue weighted by atomic mass is 10.1. The van der Waals surface area contributed by atoms with E-state index in [1.165, 1.54) is 0 Å². The van der Waals surface area contributed by atoms with Gasteiger partial charge in [-0.25, -0.2) is 0 Å². The van der Waals surface area contributed by atoms with Gasteiger partial charge in [0.15, 0.2) is 0 Å². The molecule has 0 aromatic rings. The van der Waals surface area contributed by atoms with Gasteiger partial charge >= 0.3 is 0 Å². The van der Waals surface area contributed by atoms with E-state index in [0.29, 0.717) is 19.1 Å². The first-order valence-electron chi connectivity index (χ1n) is 7.41. The lowest BCUT2D eigenvalue weighted by Gasteiger charge is -2.32. The molecular weight excluding hydrogens is 246 g/mol. The Morgan fingerprint density at radius 3 is 2.74 bits per heavy atom. The normalized spacial score (nSPS) is 24.9. The second kappa shape index (κ2) is 7.82. The maximum Gasteiger partial charge on any atom is 0.222 e. The van der Waals surface area contributed by atoms with Crippen LogP contribution in [0, 0.1) is 0 Å². The molecule has 2 aliphatic heterocycles. The molecule has 0 spiro atoms. The Bertz CT molecular complexity index is 271. The highest BCUT2D eigenvalue weighted by atomic mass is 16.5. The van der Waals surface area contributed by atoms with Crippen molar-refractivity contribution >= 4 is 5.91 Å². The Labute approximate surface area is 114 Å². The molecule has 0 aromatic heterocycles. The summed E-state index contributed by atoms with van der Waals surface area (Å²) in [5.74, 6) is 0.246. The molecule has 1 atom stereocenters. The molecular formula is C14H25NO4. The van der Waals surface area contributed by atoms with Gasteiger partial charge in [-0.2, -0.15) is 0 Å². The fraction of sp³-hybridized carbons (Fsp3) is 0.929. The monoisotopic (exact) mass is 271 g/mol. The molecule has 110 valence electrons. The van der Waals surface area contributed by atoms with Crippen LogP contribution in [-0.2, 0) is 14.3 Å². The zero-order valence-electron chi connectivity index (χ0n) is 11.6. The van der Waals surface area contributed by atoms with E-state index in [-0.39, 0.29) is 18.6 Å². The number of ether oxygens (including phenoxy) is 2. The molecule has 1 N–H and O–H groups in total. The van der Waals surface area contributed by atoms with Crippen LogP contribution in [0.4, 0.5) is 0 Å². The van der Waals surface area contributed by atoms with Crippen molar-refractivity contribution in [1.82, 2.24) is 4.90 Å². The fourth-order valence-electron chi connectivity index (χ4n) is 2.81. The van der Waals surface area contributed by atoms with E-state index < -0.39 is 0 Å². The molecule has 2 heterocycles. The van der Waals surface area contributed by atoms with Crippen molar-refractivity contribution in [3.05, 3.63) is 0 Å². The number of nitrogens with zero attached hydrogens (tertiary/aromatic N) is 1. The van der Waals surface area contributed by atoms with Gasteiger partial charge in [-0.05, 0) is 32.1 Å². The molecule has 0 bridgehead atoms. The smallest absolute Gasteiger partial charge is 0.222 e. The first-order valence-corrected chi connectivity index (χ1v) is 7.41. The average molecular weight is 271 g/mol. The van der Waals surface area contributed by atoms with Crippen molar-refractivity contribution in [3.8, 4) is 0 Å². The Morgan fingerprint density at radius 1 is 1.32 bits per heavy atom. The van der Waals surface area contributed by atoms with E-state index in [4.69, 9.17) is 14.6 Å². The maximum absolute atomic E-state index is 12.1.